The lowest BCUT2D eigenvalue weighted by Gasteiger charge is -2.23. The zero-order chi connectivity index (χ0) is 19.1. The molecule has 138 valence electrons. The molecule has 0 saturated heterocycles. The molecule has 3 nitrogen and oxygen atoms in total. The van der Waals surface area contributed by atoms with Gasteiger partial charge in [-0.2, -0.15) is 5.26 Å². The van der Waals surface area contributed by atoms with Gasteiger partial charge in [0.25, 0.3) is 5.92 Å². The van der Waals surface area contributed by atoms with Crippen LogP contribution in [-0.2, 0) is 4.79 Å². The first-order valence-corrected chi connectivity index (χ1v) is 10.2. The summed E-state index contributed by atoms with van der Waals surface area (Å²) in [6.45, 7) is 0. The maximum absolute atomic E-state index is 14.7. The number of halogens is 4. The number of thiazole rings is 1. The van der Waals surface area contributed by atoms with Gasteiger partial charge in [0.15, 0.2) is 11.7 Å². The number of hydrogen-bond acceptors (Lipinski definition) is 4. The van der Waals surface area contributed by atoms with Gasteiger partial charge in [0, 0.05) is 21.9 Å². The van der Waals surface area contributed by atoms with E-state index in [9.17, 15) is 18.8 Å². The van der Waals surface area contributed by atoms with E-state index in [-0.39, 0.29) is 16.8 Å². The third-order valence-electron chi connectivity index (χ3n) is 6.46. The van der Waals surface area contributed by atoms with Gasteiger partial charge in [-0.1, -0.05) is 23.2 Å². The Kier molecular flexibility index (Phi) is 3.57. The molecule has 1 heterocycles. The highest BCUT2D eigenvalue weighted by atomic mass is 35.5. The smallest absolute Gasteiger partial charge is 0.263 e. The summed E-state index contributed by atoms with van der Waals surface area (Å²) in [5.74, 6) is -6.20. The zero-order valence-corrected chi connectivity index (χ0v) is 16.1. The first-order chi connectivity index (χ1) is 12.8. The highest BCUT2D eigenvalue weighted by Crippen LogP contribution is 2.85. The molecule has 3 atom stereocenters. The molecule has 4 aliphatic carbocycles. The summed E-state index contributed by atoms with van der Waals surface area (Å²) < 4.78 is 29.4. The summed E-state index contributed by atoms with van der Waals surface area (Å²) in [7, 11) is 0. The standard InChI is InChI=1S/C19H12Cl2F2N2OS/c20-9-1-2-10(14(21)5-9)15-7-27-17(25-15)11(6-24)16(26)18-12-3-8(4-13(12)18)19(18,22)23/h1-2,5,7-8,11-13H,3-4H2. The van der Waals surface area contributed by atoms with Gasteiger partial charge >= 0.3 is 0 Å². The fraction of sp³-hybridized carbons (Fsp3) is 0.421. The zero-order valence-electron chi connectivity index (χ0n) is 13.8. The number of hydrogen-bond donors (Lipinski definition) is 0. The van der Waals surface area contributed by atoms with Crippen molar-refractivity contribution in [3.8, 4) is 17.3 Å². The number of rotatable bonds is 4. The van der Waals surface area contributed by atoms with Crippen LogP contribution in [0.15, 0.2) is 23.6 Å². The van der Waals surface area contributed by atoms with Crippen molar-refractivity contribution in [2.24, 2.45) is 23.2 Å². The summed E-state index contributed by atoms with van der Waals surface area (Å²) >= 11 is 13.2. The Bertz CT molecular complexity index is 1020. The molecule has 27 heavy (non-hydrogen) atoms. The second-order valence-electron chi connectivity index (χ2n) is 7.49. The molecule has 4 fully saturated rings. The number of nitrogens with zero attached hydrogens (tertiary/aromatic N) is 2. The van der Waals surface area contributed by atoms with E-state index in [4.69, 9.17) is 23.2 Å². The lowest BCUT2D eigenvalue weighted by Crippen LogP contribution is -2.38. The molecule has 8 heteroatoms. The van der Waals surface area contributed by atoms with Crippen molar-refractivity contribution in [1.29, 1.82) is 5.26 Å². The van der Waals surface area contributed by atoms with Gasteiger partial charge in [0.05, 0.1) is 16.8 Å². The first-order valence-electron chi connectivity index (χ1n) is 8.55. The normalized spacial score (nSPS) is 32.9. The van der Waals surface area contributed by atoms with Gasteiger partial charge in [0.1, 0.15) is 10.4 Å². The first kappa shape index (κ1) is 17.5. The Hall–Kier alpha value is -1.55. The van der Waals surface area contributed by atoms with Crippen LogP contribution >= 0.6 is 34.5 Å². The maximum Gasteiger partial charge on any atom is 0.263 e. The monoisotopic (exact) mass is 424 g/mol. The Morgan fingerprint density at radius 2 is 2.04 bits per heavy atom. The number of carbonyl (C=O) groups excluding carboxylic acids is 1. The van der Waals surface area contributed by atoms with Crippen LogP contribution in [0, 0.1) is 34.5 Å². The lowest BCUT2D eigenvalue weighted by atomic mass is 9.86. The van der Waals surface area contributed by atoms with Gasteiger partial charge in [-0.25, -0.2) is 13.8 Å². The molecule has 0 amide bonds. The predicted molar refractivity (Wildman–Crippen MR) is 98.0 cm³/mol. The van der Waals surface area contributed by atoms with Crippen LogP contribution in [0.5, 0.6) is 0 Å². The molecule has 6 rings (SSSR count). The molecule has 1 aromatic carbocycles. The van der Waals surface area contributed by atoms with Crippen molar-refractivity contribution in [2.45, 2.75) is 24.7 Å². The van der Waals surface area contributed by atoms with E-state index in [2.05, 4.69) is 4.98 Å². The van der Waals surface area contributed by atoms with Gasteiger partial charge in [-0.15, -0.1) is 11.3 Å². The Labute approximate surface area is 167 Å². The number of ketones is 1. The van der Waals surface area contributed by atoms with Crippen molar-refractivity contribution in [3.05, 3.63) is 38.6 Å². The minimum Gasteiger partial charge on any atom is -0.297 e. The van der Waals surface area contributed by atoms with Crippen molar-refractivity contribution >= 4 is 40.3 Å². The quantitative estimate of drug-likeness (QED) is 0.642. The lowest BCUT2D eigenvalue weighted by molar-refractivity contribution is -0.142. The van der Waals surface area contributed by atoms with Crippen molar-refractivity contribution < 1.29 is 13.6 Å². The maximum atomic E-state index is 14.7. The fourth-order valence-electron chi connectivity index (χ4n) is 5.31. The number of carbonyl (C=O) groups is 1. The van der Waals surface area contributed by atoms with Gasteiger partial charge in [0.2, 0.25) is 0 Å². The molecule has 2 aromatic rings. The van der Waals surface area contributed by atoms with Crippen molar-refractivity contribution in [2.75, 3.05) is 0 Å². The Balaban J connectivity index is 1.49. The summed E-state index contributed by atoms with van der Waals surface area (Å²) in [4.78, 5) is 17.4. The number of Topliss-reactive ketones (excluding diaryl/α,β-unsaturated/α-hetero) is 1. The van der Waals surface area contributed by atoms with E-state index in [0.717, 1.165) is 11.3 Å². The van der Waals surface area contributed by atoms with E-state index in [1.165, 1.54) is 0 Å². The molecular formula is C19H12Cl2F2N2OS. The summed E-state index contributed by atoms with van der Waals surface area (Å²) in [5, 5.41) is 12.4. The number of alkyl halides is 2. The second-order valence-corrected chi connectivity index (χ2v) is 9.23. The molecule has 0 radical (unpaired) electrons. The third-order valence-corrected chi connectivity index (χ3v) is 7.92. The summed E-state index contributed by atoms with van der Waals surface area (Å²) in [6.07, 6.45) is 0.788. The highest BCUT2D eigenvalue weighted by Gasteiger charge is 2.91. The minimum atomic E-state index is -3.01. The molecule has 1 aromatic heterocycles. The molecule has 3 unspecified atom stereocenters. The molecule has 0 N–H and O–H groups in total. The summed E-state index contributed by atoms with van der Waals surface area (Å²) in [5.41, 5.74) is -0.525. The second kappa shape index (κ2) is 5.50. The number of benzene rings is 1. The largest absolute Gasteiger partial charge is 0.297 e. The van der Waals surface area contributed by atoms with E-state index < -0.39 is 29.0 Å². The fourth-order valence-corrected chi connectivity index (χ4v) is 6.68. The molecule has 4 aliphatic rings. The molecule has 4 saturated carbocycles. The number of aromatic nitrogens is 1. The topological polar surface area (TPSA) is 53.8 Å². The van der Waals surface area contributed by atoms with E-state index in [0.29, 0.717) is 34.1 Å². The van der Waals surface area contributed by atoms with Crippen LogP contribution in [0.3, 0.4) is 0 Å². The Morgan fingerprint density at radius 3 is 2.59 bits per heavy atom. The van der Waals surface area contributed by atoms with E-state index >= 15 is 0 Å². The van der Waals surface area contributed by atoms with Crippen LogP contribution in [0.2, 0.25) is 10.0 Å². The molecule has 0 aliphatic heterocycles. The average molecular weight is 425 g/mol. The molecular weight excluding hydrogens is 413 g/mol. The van der Waals surface area contributed by atoms with Gasteiger partial charge < -0.3 is 0 Å². The average Bonchev–Trinajstić information content (AvgIpc) is 3.06. The molecule has 4 bridgehead atoms. The van der Waals surface area contributed by atoms with Gasteiger partial charge in [-0.3, -0.25) is 4.79 Å². The van der Waals surface area contributed by atoms with Crippen LogP contribution in [0.4, 0.5) is 8.78 Å². The predicted octanol–water partition coefficient (Wildman–Crippen LogP) is 5.58. The molecule has 0 spiro atoms. The van der Waals surface area contributed by atoms with Crippen molar-refractivity contribution in [3.63, 3.8) is 0 Å². The van der Waals surface area contributed by atoms with Crippen LogP contribution < -0.4 is 0 Å². The minimum absolute atomic E-state index is 0.239. The SMILES string of the molecule is N#CC(C(=O)C12C3CC(CC31)C2(F)F)c1nc(-c2ccc(Cl)cc2Cl)cs1. The van der Waals surface area contributed by atoms with E-state index in [1.54, 1.807) is 23.6 Å². The van der Waals surface area contributed by atoms with Crippen LogP contribution in [0.1, 0.15) is 23.8 Å². The third kappa shape index (κ3) is 2.05. The number of nitriles is 1. The van der Waals surface area contributed by atoms with Crippen LogP contribution in [0.25, 0.3) is 11.3 Å². The Morgan fingerprint density at radius 1 is 1.33 bits per heavy atom. The summed E-state index contributed by atoms with van der Waals surface area (Å²) in [6, 6.07) is 6.86. The van der Waals surface area contributed by atoms with Gasteiger partial charge in [-0.05, 0) is 42.9 Å². The van der Waals surface area contributed by atoms with Crippen LogP contribution in [-0.4, -0.2) is 16.7 Å². The highest BCUT2D eigenvalue weighted by molar-refractivity contribution is 7.10. The van der Waals surface area contributed by atoms with Crippen molar-refractivity contribution in [1.82, 2.24) is 4.98 Å². The van der Waals surface area contributed by atoms with E-state index in [1.807, 2.05) is 6.07 Å².